The van der Waals surface area contributed by atoms with Gasteiger partial charge >= 0.3 is 5.97 Å². The molecule has 3 aromatic rings. The van der Waals surface area contributed by atoms with Crippen molar-refractivity contribution in [3.8, 4) is 0 Å². The summed E-state index contributed by atoms with van der Waals surface area (Å²) in [5, 5.41) is 18.0. The summed E-state index contributed by atoms with van der Waals surface area (Å²) in [6.07, 6.45) is 1.46. The number of hydrogen-bond acceptors (Lipinski definition) is 4. The largest absolute Gasteiger partial charge is 0.478 e. The Labute approximate surface area is 150 Å². The van der Waals surface area contributed by atoms with Gasteiger partial charge in [-0.2, -0.15) is 5.10 Å². The number of amides is 1. The van der Waals surface area contributed by atoms with Crippen LogP contribution in [0, 0.1) is 0 Å². The predicted octanol–water partition coefficient (Wildman–Crippen LogP) is 3.10. The van der Waals surface area contributed by atoms with Gasteiger partial charge in [-0.3, -0.25) is 4.79 Å². The van der Waals surface area contributed by atoms with Gasteiger partial charge in [0.15, 0.2) is 0 Å². The highest BCUT2D eigenvalue weighted by atomic mass is 16.4. The molecule has 26 heavy (non-hydrogen) atoms. The Bertz CT molecular complexity index is 960. The van der Waals surface area contributed by atoms with Gasteiger partial charge in [0, 0.05) is 11.1 Å². The van der Waals surface area contributed by atoms with Gasteiger partial charge in [0.25, 0.3) is 5.91 Å². The summed E-state index contributed by atoms with van der Waals surface area (Å²) in [7, 11) is 0. The van der Waals surface area contributed by atoms with Gasteiger partial charge in [-0.25, -0.2) is 10.2 Å². The van der Waals surface area contributed by atoms with Gasteiger partial charge in [-0.15, -0.1) is 0 Å². The average Bonchev–Trinajstić information content (AvgIpc) is 2.66. The number of nitrogens with zero attached hydrogens (tertiary/aromatic N) is 1. The van der Waals surface area contributed by atoms with Crippen LogP contribution in [0.5, 0.6) is 0 Å². The summed E-state index contributed by atoms with van der Waals surface area (Å²) < 4.78 is 0. The number of hydrazone groups is 1. The Morgan fingerprint density at radius 1 is 0.962 bits per heavy atom. The van der Waals surface area contributed by atoms with E-state index in [1.54, 1.807) is 12.1 Å². The summed E-state index contributed by atoms with van der Waals surface area (Å²) in [4.78, 5) is 22.7. The second-order valence-electron chi connectivity index (χ2n) is 5.60. The summed E-state index contributed by atoms with van der Waals surface area (Å²) >= 11 is 0. The highest BCUT2D eigenvalue weighted by molar-refractivity contribution is 5.95. The molecule has 3 rings (SSSR count). The predicted molar refractivity (Wildman–Crippen MR) is 102 cm³/mol. The minimum absolute atomic E-state index is 0.0866. The third-order valence-corrected chi connectivity index (χ3v) is 3.79. The quantitative estimate of drug-likeness (QED) is 0.472. The first-order valence-electron chi connectivity index (χ1n) is 8.00. The number of aromatic carboxylic acids is 1. The number of carbonyl (C=O) groups is 2. The molecule has 0 saturated carbocycles. The molecule has 6 nitrogen and oxygen atoms in total. The SMILES string of the molecule is O=C(CNc1cccc2ccccc12)N/N=C\c1ccc(C(=O)O)cc1. The van der Waals surface area contributed by atoms with Crippen molar-refractivity contribution < 1.29 is 14.7 Å². The van der Waals surface area contributed by atoms with Crippen LogP contribution in [0.1, 0.15) is 15.9 Å². The van der Waals surface area contributed by atoms with Crippen molar-refractivity contribution in [3.63, 3.8) is 0 Å². The van der Waals surface area contributed by atoms with Crippen LogP contribution in [-0.2, 0) is 4.79 Å². The molecule has 3 aromatic carbocycles. The fraction of sp³-hybridized carbons (Fsp3) is 0.0500. The van der Waals surface area contributed by atoms with Crippen molar-refractivity contribution in [1.82, 2.24) is 5.43 Å². The summed E-state index contributed by atoms with van der Waals surface area (Å²) in [5.41, 5.74) is 4.21. The van der Waals surface area contributed by atoms with E-state index in [0.717, 1.165) is 16.5 Å². The van der Waals surface area contributed by atoms with Crippen molar-refractivity contribution in [2.75, 3.05) is 11.9 Å². The Hall–Kier alpha value is -3.67. The molecule has 3 N–H and O–H groups in total. The summed E-state index contributed by atoms with van der Waals surface area (Å²) in [6.45, 7) is 0.0866. The molecule has 0 heterocycles. The maximum absolute atomic E-state index is 11.9. The normalized spacial score (nSPS) is 10.8. The standard InChI is InChI=1S/C20H17N3O3/c24-19(23-22-12-14-8-10-16(11-9-14)20(25)26)13-21-18-7-3-5-15-4-1-2-6-17(15)18/h1-12,21H,13H2,(H,23,24)(H,25,26)/b22-12-. The van der Waals surface area contributed by atoms with E-state index in [1.807, 2.05) is 42.5 Å². The number of nitrogens with one attached hydrogen (secondary N) is 2. The van der Waals surface area contributed by atoms with E-state index in [0.29, 0.717) is 5.56 Å². The minimum Gasteiger partial charge on any atom is -0.478 e. The fourth-order valence-corrected chi connectivity index (χ4v) is 2.49. The molecule has 6 heteroatoms. The van der Waals surface area contributed by atoms with Crippen LogP contribution in [0.4, 0.5) is 5.69 Å². The van der Waals surface area contributed by atoms with Crippen LogP contribution in [-0.4, -0.2) is 29.7 Å². The number of anilines is 1. The molecule has 0 aliphatic carbocycles. The van der Waals surface area contributed by atoms with Gasteiger partial charge in [-0.05, 0) is 29.1 Å². The molecule has 0 unspecified atom stereocenters. The molecule has 0 aromatic heterocycles. The van der Waals surface area contributed by atoms with Gasteiger partial charge < -0.3 is 10.4 Å². The van der Waals surface area contributed by atoms with E-state index in [-0.39, 0.29) is 18.0 Å². The van der Waals surface area contributed by atoms with E-state index in [9.17, 15) is 9.59 Å². The molecule has 0 radical (unpaired) electrons. The van der Waals surface area contributed by atoms with E-state index in [4.69, 9.17) is 5.11 Å². The number of benzene rings is 3. The molecule has 0 bridgehead atoms. The highest BCUT2D eigenvalue weighted by Crippen LogP contribution is 2.22. The molecule has 0 saturated heterocycles. The lowest BCUT2D eigenvalue weighted by atomic mass is 10.1. The number of carboxylic acids is 1. The average molecular weight is 347 g/mol. The molecule has 130 valence electrons. The van der Waals surface area contributed by atoms with Gasteiger partial charge in [0.1, 0.15) is 0 Å². The van der Waals surface area contributed by atoms with Gasteiger partial charge in [0.05, 0.1) is 18.3 Å². The van der Waals surface area contributed by atoms with E-state index < -0.39 is 5.97 Å². The summed E-state index contributed by atoms with van der Waals surface area (Å²) in [6, 6.07) is 20.0. The Balaban J connectivity index is 1.55. The van der Waals surface area contributed by atoms with Crippen LogP contribution in [0.25, 0.3) is 10.8 Å². The number of hydrogen-bond donors (Lipinski definition) is 3. The topological polar surface area (TPSA) is 90.8 Å². The molecule has 0 aliphatic heterocycles. The van der Waals surface area contributed by atoms with Crippen molar-refractivity contribution in [1.29, 1.82) is 0 Å². The van der Waals surface area contributed by atoms with Crippen LogP contribution in [0.15, 0.2) is 71.8 Å². The van der Waals surface area contributed by atoms with Crippen molar-refractivity contribution in [3.05, 3.63) is 77.9 Å². The first-order chi connectivity index (χ1) is 12.6. The number of carbonyl (C=O) groups excluding carboxylic acids is 1. The van der Waals surface area contributed by atoms with Crippen molar-refractivity contribution >= 4 is 34.6 Å². The molecule has 0 spiro atoms. The minimum atomic E-state index is -0.985. The molecule has 1 amide bonds. The maximum Gasteiger partial charge on any atom is 0.335 e. The molecule has 0 fully saturated rings. The van der Waals surface area contributed by atoms with Crippen LogP contribution >= 0.6 is 0 Å². The lowest BCUT2D eigenvalue weighted by Gasteiger charge is -2.08. The number of carboxylic acid groups (broad SMARTS) is 1. The monoisotopic (exact) mass is 347 g/mol. The molecule has 0 aliphatic rings. The zero-order chi connectivity index (χ0) is 18.4. The second kappa shape index (κ2) is 7.94. The second-order valence-corrected chi connectivity index (χ2v) is 5.60. The van der Waals surface area contributed by atoms with Crippen LogP contribution in [0.3, 0.4) is 0 Å². The first kappa shape index (κ1) is 17.2. The van der Waals surface area contributed by atoms with Gasteiger partial charge in [0.2, 0.25) is 0 Å². The van der Waals surface area contributed by atoms with E-state index in [2.05, 4.69) is 15.8 Å². The van der Waals surface area contributed by atoms with Crippen LogP contribution in [0.2, 0.25) is 0 Å². The van der Waals surface area contributed by atoms with Crippen LogP contribution < -0.4 is 10.7 Å². The van der Waals surface area contributed by atoms with Gasteiger partial charge in [-0.1, -0.05) is 48.5 Å². The Morgan fingerprint density at radius 3 is 2.46 bits per heavy atom. The third-order valence-electron chi connectivity index (χ3n) is 3.79. The Kier molecular flexibility index (Phi) is 5.24. The number of rotatable bonds is 6. The van der Waals surface area contributed by atoms with Crippen molar-refractivity contribution in [2.24, 2.45) is 5.10 Å². The lowest BCUT2D eigenvalue weighted by molar-refractivity contribution is -0.119. The maximum atomic E-state index is 11.9. The van der Waals surface area contributed by atoms with E-state index >= 15 is 0 Å². The Morgan fingerprint density at radius 2 is 1.69 bits per heavy atom. The first-order valence-corrected chi connectivity index (χ1v) is 8.00. The lowest BCUT2D eigenvalue weighted by Crippen LogP contribution is -2.25. The molecule has 0 atom stereocenters. The number of fused-ring (bicyclic) bond motifs is 1. The molecular weight excluding hydrogens is 330 g/mol. The molecular formula is C20H17N3O3. The smallest absolute Gasteiger partial charge is 0.335 e. The third kappa shape index (κ3) is 4.24. The summed E-state index contributed by atoms with van der Waals surface area (Å²) in [5.74, 6) is -1.27. The van der Waals surface area contributed by atoms with E-state index in [1.165, 1.54) is 18.3 Å². The highest BCUT2D eigenvalue weighted by Gasteiger charge is 2.03. The van der Waals surface area contributed by atoms with Crippen molar-refractivity contribution in [2.45, 2.75) is 0 Å². The zero-order valence-electron chi connectivity index (χ0n) is 13.8. The zero-order valence-corrected chi connectivity index (χ0v) is 13.8. The fourth-order valence-electron chi connectivity index (χ4n) is 2.49.